The SMILES string of the molecule is O=C(/C=C/c1cnn(-c2ccccc2)c1)NCCCOCc1ccccc1. The Hall–Kier alpha value is -3.18. The van der Waals surface area contributed by atoms with Crippen LogP contribution in [0.5, 0.6) is 0 Å². The van der Waals surface area contributed by atoms with Crippen LogP contribution < -0.4 is 5.32 Å². The summed E-state index contributed by atoms with van der Waals surface area (Å²) in [5, 5.41) is 7.16. The van der Waals surface area contributed by atoms with E-state index in [9.17, 15) is 4.79 Å². The van der Waals surface area contributed by atoms with Crippen LogP contribution >= 0.6 is 0 Å². The quantitative estimate of drug-likeness (QED) is 0.468. The third kappa shape index (κ3) is 6.24. The van der Waals surface area contributed by atoms with E-state index in [1.165, 1.54) is 6.08 Å². The summed E-state index contributed by atoms with van der Waals surface area (Å²) in [4.78, 5) is 11.9. The van der Waals surface area contributed by atoms with Crippen LogP contribution in [0.1, 0.15) is 17.5 Å². The van der Waals surface area contributed by atoms with Crippen molar-refractivity contribution in [2.24, 2.45) is 0 Å². The standard InChI is InChI=1S/C22H23N3O2/c26-22(23-14-7-15-27-18-19-8-3-1-4-9-19)13-12-20-16-24-25(17-20)21-10-5-2-6-11-21/h1-6,8-13,16-17H,7,14-15,18H2,(H,23,26)/b13-12+. The molecule has 2 aromatic carbocycles. The van der Waals surface area contributed by atoms with Gasteiger partial charge in [0.1, 0.15) is 0 Å². The molecule has 0 unspecified atom stereocenters. The highest BCUT2D eigenvalue weighted by Crippen LogP contribution is 2.08. The Labute approximate surface area is 159 Å². The Bertz CT molecular complexity index is 858. The number of aromatic nitrogens is 2. The Balaban J connectivity index is 1.34. The molecule has 0 bridgehead atoms. The van der Waals surface area contributed by atoms with Crippen molar-refractivity contribution in [3.05, 3.63) is 90.3 Å². The summed E-state index contributed by atoms with van der Waals surface area (Å²) >= 11 is 0. The van der Waals surface area contributed by atoms with Gasteiger partial charge in [0.15, 0.2) is 0 Å². The molecule has 0 aliphatic heterocycles. The lowest BCUT2D eigenvalue weighted by Gasteiger charge is -2.05. The maximum atomic E-state index is 11.9. The number of amides is 1. The fourth-order valence-electron chi connectivity index (χ4n) is 2.53. The first-order valence-electron chi connectivity index (χ1n) is 8.99. The Morgan fingerprint density at radius 1 is 1.07 bits per heavy atom. The van der Waals surface area contributed by atoms with Crippen LogP contribution in [0.15, 0.2) is 79.1 Å². The highest BCUT2D eigenvalue weighted by molar-refractivity contribution is 5.91. The second kappa shape index (κ2) is 10.1. The van der Waals surface area contributed by atoms with Crippen molar-refractivity contribution >= 4 is 12.0 Å². The Morgan fingerprint density at radius 2 is 1.81 bits per heavy atom. The van der Waals surface area contributed by atoms with Crippen LogP contribution in [0.4, 0.5) is 0 Å². The predicted molar refractivity (Wildman–Crippen MR) is 106 cm³/mol. The number of ether oxygens (including phenoxy) is 1. The smallest absolute Gasteiger partial charge is 0.244 e. The number of carbonyl (C=O) groups excluding carboxylic acids is 1. The molecule has 0 atom stereocenters. The van der Waals surface area contributed by atoms with Gasteiger partial charge in [-0.25, -0.2) is 4.68 Å². The minimum Gasteiger partial charge on any atom is -0.377 e. The summed E-state index contributed by atoms with van der Waals surface area (Å²) in [6.07, 6.45) is 7.67. The molecule has 1 heterocycles. The zero-order chi connectivity index (χ0) is 18.7. The first-order chi connectivity index (χ1) is 13.3. The van der Waals surface area contributed by atoms with Crippen LogP contribution in [-0.2, 0) is 16.1 Å². The van der Waals surface area contributed by atoms with Gasteiger partial charge < -0.3 is 10.1 Å². The van der Waals surface area contributed by atoms with Crippen molar-refractivity contribution < 1.29 is 9.53 Å². The molecular formula is C22H23N3O2. The first-order valence-corrected chi connectivity index (χ1v) is 8.99. The topological polar surface area (TPSA) is 56.2 Å². The molecule has 1 amide bonds. The van der Waals surface area contributed by atoms with Gasteiger partial charge in [0.05, 0.1) is 18.5 Å². The molecule has 0 aliphatic carbocycles. The van der Waals surface area contributed by atoms with Crippen LogP contribution in [0.25, 0.3) is 11.8 Å². The molecular weight excluding hydrogens is 338 g/mol. The fourth-order valence-corrected chi connectivity index (χ4v) is 2.53. The summed E-state index contributed by atoms with van der Waals surface area (Å²) in [6.45, 7) is 1.80. The van der Waals surface area contributed by atoms with Gasteiger partial charge in [0.25, 0.3) is 0 Å². The second-order valence-corrected chi connectivity index (χ2v) is 6.07. The van der Waals surface area contributed by atoms with Gasteiger partial charge >= 0.3 is 0 Å². The fraction of sp³-hybridized carbons (Fsp3) is 0.182. The average Bonchev–Trinajstić information content (AvgIpc) is 3.20. The van der Waals surface area contributed by atoms with Gasteiger partial charge in [-0.05, 0) is 30.2 Å². The van der Waals surface area contributed by atoms with Crippen molar-refractivity contribution in [2.75, 3.05) is 13.2 Å². The first kappa shape index (κ1) is 18.6. The van der Waals surface area contributed by atoms with Gasteiger partial charge in [0, 0.05) is 31.0 Å². The molecule has 27 heavy (non-hydrogen) atoms. The number of para-hydroxylation sites is 1. The molecule has 3 rings (SSSR count). The van der Waals surface area contributed by atoms with Gasteiger partial charge in [-0.1, -0.05) is 48.5 Å². The molecule has 5 nitrogen and oxygen atoms in total. The molecule has 5 heteroatoms. The summed E-state index contributed by atoms with van der Waals surface area (Å²) in [5.74, 6) is -0.120. The van der Waals surface area contributed by atoms with Crippen LogP contribution in [0.3, 0.4) is 0 Å². The molecule has 0 spiro atoms. The summed E-state index contributed by atoms with van der Waals surface area (Å²) < 4.78 is 7.37. The lowest BCUT2D eigenvalue weighted by molar-refractivity contribution is -0.116. The lowest BCUT2D eigenvalue weighted by atomic mass is 10.2. The van der Waals surface area contributed by atoms with E-state index in [2.05, 4.69) is 10.4 Å². The van der Waals surface area contributed by atoms with E-state index in [0.717, 1.165) is 23.2 Å². The van der Waals surface area contributed by atoms with Crippen LogP contribution in [-0.4, -0.2) is 28.8 Å². The molecule has 3 aromatic rings. The summed E-state index contributed by atoms with van der Waals surface area (Å²) in [5.41, 5.74) is 3.01. The molecule has 0 radical (unpaired) electrons. The van der Waals surface area contributed by atoms with Gasteiger partial charge in [-0.3, -0.25) is 4.79 Å². The number of hydrogen-bond donors (Lipinski definition) is 1. The number of carbonyl (C=O) groups is 1. The van der Waals surface area contributed by atoms with Gasteiger partial charge in [-0.2, -0.15) is 5.10 Å². The summed E-state index contributed by atoms with van der Waals surface area (Å²) in [7, 11) is 0. The molecule has 0 aliphatic rings. The average molecular weight is 361 g/mol. The maximum absolute atomic E-state index is 11.9. The monoisotopic (exact) mass is 361 g/mol. The third-order valence-electron chi connectivity index (χ3n) is 3.93. The lowest BCUT2D eigenvalue weighted by Crippen LogP contribution is -2.23. The van der Waals surface area contributed by atoms with E-state index in [0.29, 0.717) is 19.8 Å². The van der Waals surface area contributed by atoms with E-state index in [1.807, 2.05) is 66.9 Å². The largest absolute Gasteiger partial charge is 0.377 e. The van der Waals surface area contributed by atoms with Crippen molar-refractivity contribution in [1.29, 1.82) is 0 Å². The van der Waals surface area contributed by atoms with Gasteiger partial charge in [0.2, 0.25) is 5.91 Å². The number of nitrogens with one attached hydrogen (secondary N) is 1. The van der Waals surface area contributed by atoms with E-state index < -0.39 is 0 Å². The molecule has 0 saturated carbocycles. The maximum Gasteiger partial charge on any atom is 0.244 e. The van der Waals surface area contributed by atoms with Crippen molar-refractivity contribution in [1.82, 2.24) is 15.1 Å². The van der Waals surface area contributed by atoms with Crippen molar-refractivity contribution in [3.8, 4) is 5.69 Å². The zero-order valence-corrected chi connectivity index (χ0v) is 15.1. The van der Waals surface area contributed by atoms with Crippen molar-refractivity contribution in [2.45, 2.75) is 13.0 Å². The normalized spacial score (nSPS) is 11.0. The Morgan fingerprint density at radius 3 is 2.59 bits per heavy atom. The van der Waals surface area contributed by atoms with Crippen LogP contribution in [0, 0.1) is 0 Å². The number of rotatable bonds is 9. The Kier molecular flexibility index (Phi) is 6.95. The predicted octanol–water partition coefficient (Wildman–Crippen LogP) is 3.61. The third-order valence-corrected chi connectivity index (χ3v) is 3.93. The van der Waals surface area contributed by atoms with Crippen molar-refractivity contribution in [3.63, 3.8) is 0 Å². The second-order valence-electron chi connectivity index (χ2n) is 6.07. The molecule has 138 valence electrons. The van der Waals surface area contributed by atoms with Crippen LogP contribution in [0.2, 0.25) is 0 Å². The highest BCUT2D eigenvalue weighted by Gasteiger charge is 1.99. The molecule has 0 fully saturated rings. The summed E-state index contributed by atoms with van der Waals surface area (Å²) in [6, 6.07) is 19.9. The number of benzene rings is 2. The molecule has 1 aromatic heterocycles. The zero-order valence-electron chi connectivity index (χ0n) is 15.1. The van der Waals surface area contributed by atoms with E-state index in [1.54, 1.807) is 17.0 Å². The minimum absolute atomic E-state index is 0.120. The van der Waals surface area contributed by atoms with Gasteiger partial charge in [-0.15, -0.1) is 0 Å². The number of hydrogen-bond acceptors (Lipinski definition) is 3. The molecule has 1 N–H and O–H groups in total. The minimum atomic E-state index is -0.120. The molecule has 0 saturated heterocycles. The highest BCUT2D eigenvalue weighted by atomic mass is 16.5. The van der Waals surface area contributed by atoms with E-state index in [4.69, 9.17) is 4.74 Å². The van der Waals surface area contributed by atoms with E-state index in [-0.39, 0.29) is 5.91 Å². The van der Waals surface area contributed by atoms with E-state index >= 15 is 0 Å². The number of nitrogens with zero attached hydrogens (tertiary/aromatic N) is 2.